The Bertz CT molecular complexity index is 490. The number of nitrogen functional groups attached to an aromatic ring is 1. The highest BCUT2D eigenvalue weighted by molar-refractivity contribution is 5.81. The van der Waals surface area contributed by atoms with E-state index in [9.17, 15) is 4.79 Å². The lowest BCUT2D eigenvalue weighted by Gasteiger charge is -2.21. The van der Waals surface area contributed by atoms with Crippen molar-refractivity contribution in [2.24, 2.45) is 11.1 Å². The zero-order valence-electron chi connectivity index (χ0n) is 11.5. The smallest absolute Gasteiger partial charge is 0.224 e. The van der Waals surface area contributed by atoms with E-state index in [1.54, 1.807) is 7.11 Å². The van der Waals surface area contributed by atoms with E-state index in [-0.39, 0.29) is 5.91 Å². The molecule has 2 rings (SSSR count). The topological polar surface area (TPSA) is 81.6 Å². The van der Waals surface area contributed by atoms with Crippen LogP contribution in [0.25, 0.3) is 0 Å². The van der Waals surface area contributed by atoms with Crippen LogP contribution in [-0.4, -0.2) is 31.0 Å². The van der Waals surface area contributed by atoms with E-state index in [0.717, 1.165) is 30.8 Å². The van der Waals surface area contributed by atoms with Crippen LogP contribution in [0.1, 0.15) is 18.9 Å². The lowest BCUT2D eigenvalue weighted by Crippen LogP contribution is -2.36. The van der Waals surface area contributed by atoms with Crippen molar-refractivity contribution >= 4 is 11.6 Å². The number of carbonyl (C=O) groups excluding carboxylic acids is 1. The van der Waals surface area contributed by atoms with E-state index in [2.05, 4.69) is 4.90 Å². The molecule has 1 unspecified atom stereocenters. The zero-order chi connectivity index (χ0) is 14.0. The number of benzene rings is 1. The van der Waals surface area contributed by atoms with Crippen molar-refractivity contribution in [3.63, 3.8) is 0 Å². The number of likely N-dealkylation sites (tertiary alicyclic amines) is 1. The minimum atomic E-state index is -0.423. The summed E-state index contributed by atoms with van der Waals surface area (Å²) >= 11 is 0. The van der Waals surface area contributed by atoms with Gasteiger partial charge in [-0.1, -0.05) is 0 Å². The lowest BCUT2D eigenvalue weighted by molar-refractivity contribution is -0.126. The molecule has 1 atom stereocenters. The second-order valence-electron chi connectivity index (χ2n) is 5.46. The molecule has 1 fully saturated rings. The average Bonchev–Trinajstić information content (AvgIpc) is 2.73. The van der Waals surface area contributed by atoms with Gasteiger partial charge in [-0.05, 0) is 38.1 Å². The molecule has 1 aromatic rings. The lowest BCUT2D eigenvalue weighted by atomic mass is 9.89. The third kappa shape index (κ3) is 2.81. The van der Waals surface area contributed by atoms with Crippen molar-refractivity contribution in [1.82, 2.24) is 4.90 Å². The summed E-state index contributed by atoms with van der Waals surface area (Å²) in [5, 5.41) is 0. The fraction of sp³-hybridized carbons (Fsp3) is 0.500. The maximum Gasteiger partial charge on any atom is 0.224 e. The van der Waals surface area contributed by atoms with Crippen molar-refractivity contribution in [3.8, 4) is 5.75 Å². The Balaban J connectivity index is 2.11. The molecule has 0 saturated carbocycles. The standard InChI is InChI=1S/C14H21N3O2/c1-14(13(16)18)5-6-17(9-14)8-10-7-11(15)3-4-12(10)19-2/h3-4,7H,5-6,8-9,15H2,1-2H3,(H2,16,18). The summed E-state index contributed by atoms with van der Waals surface area (Å²) in [7, 11) is 1.65. The molecule has 1 aromatic carbocycles. The Morgan fingerprint density at radius 2 is 2.26 bits per heavy atom. The summed E-state index contributed by atoms with van der Waals surface area (Å²) < 4.78 is 5.34. The van der Waals surface area contributed by atoms with Crippen LogP contribution < -0.4 is 16.2 Å². The summed E-state index contributed by atoms with van der Waals surface area (Å²) in [6, 6.07) is 5.60. The third-order valence-electron chi connectivity index (χ3n) is 3.85. The molecule has 1 aliphatic rings. The van der Waals surface area contributed by atoms with E-state index in [1.807, 2.05) is 25.1 Å². The average molecular weight is 263 g/mol. The highest BCUT2D eigenvalue weighted by atomic mass is 16.5. The molecule has 4 N–H and O–H groups in total. The Kier molecular flexibility index (Phi) is 3.66. The first kappa shape index (κ1) is 13.7. The summed E-state index contributed by atoms with van der Waals surface area (Å²) in [6.45, 7) is 4.18. The van der Waals surface area contributed by atoms with Gasteiger partial charge < -0.3 is 16.2 Å². The fourth-order valence-corrected chi connectivity index (χ4v) is 2.56. The number of anilines is 1. The predicted molar refractivity (Wildman–Crippen MR) is 74.6 cm³/mol. The van der Waals surface area contributed by atoms with Crippen LogP contribution in [-0.2, 0) is 11.3 Å². The van der Waals surface area contributed by atoms with E-state index in [0.29, 0.717) is 12.2 Å². The largest absolute Gasteiger partial charge is 0.496 e. The van der Waals surface area contributed by atoms with Gasteiger partial charge in [0.05, 0.1) is 12.5 Å². The van der Waals surface area contributed by atoms with Crippen molar-refractivity contribution in [2.45, 2.75) is 19.9 Å². The summed E-state index contributed by atoms with van der Waals surface area (Å²) in [6.07, 6.45) is 0.799. The zero-order valence-corrected chi connectivity index (χ0v) is 11.5. The SMILES string of the molecule is COc1ccc(N)cc1CN1CCC(C)(C(N)=O)C1. The summed E-state index contributed by atoms with van der Waals surface area (Å²) in [5.41, 5.74) is 12.6. The van der Waals surface area contributed by atoms with Gasteiger partial charge in [0.15, 0.2) is 0 Å². The van der Waals surface area contributed by atoms with Crippen molar-refractivity contribution < 1.29 is 9.53 Å². The molecular formula is C14H21N3O2. The van der Waals surface area contributed by atoms with Crippen molar-refractivity contribution in [2.75, 3.05) is 25.9 Å². The normalized spacial score (nSPS) is 23.5. The number of ether oxygens (including phenoxy) is 1. The predicted octanol–water partition coefficient (Wildman–Crippen LogP) is 0.975. The van der Waals surface area contributed by atoms with Crippen LogP contribution in [0.2, 0.25) is 0 Å². The Morgan fingerprint density at radius 3 is 2.84 bits per heavy atom. The van der Waals surface area contributed by atoms with Crippen LogP contribution in [0.4, 0.5) is 5.69 Å². The van der Waals surface area contributed by atoms with Gasteiger partial charge in [-0.3, -0.25) is 9.69 Å². The van der Waals surface area contributed by atoms with Gasteiger partial charge in [-0.2, -0.15) is 0 Å². The minimum Gasteiger partial charge on any atom is -0.496 e. The Morgan fingerprint density at radius 1 is 1.53 bits per heavy atom. The number of hydrogen-bond donors (Lipinski definition) is 2. The van der Waals surface area contributed by atoms with Gasteiger partial charge in [0, 0.05) is 24.3 Å². The molecule has 5 heteroatoms. The maximum absolute atomic E-state index is 11.4. The molecule has 0 aliphatic carbocycles. The molecule has 1 saturated heterocycles. The van der Waals surface area contributed by atoms with Gasteiger partial charge in [0.1, 0.15) is 5.75 Å². The monoisotopic (exact) mass is 263 g/mol. The number of hydrogen-bond acceptors (Lipinski definition) is 4. The third-order valence-corrected chi connectivity index (χ3v) is 3.85. The molecular weight excluding hydrogens is 242 g/mol. The number of rotatable bonds is 4. The van der Waals surface area contributed by atoms with Crippen LogP contribution in [0.3, 0.4) is 0 Å². The second kappa shape index (κ2) is 5.09. The maximum atomic E-state index is 11.4. The van der Waals surface area contributed by atoms with Crippen molar-refractivity contribution in [3.05, 3.63) is 23.8 Å². The highest BCUT2D eigenvalue weighted by Gasteiger charge is 2.38. The van der Waals surface area contributed by atoms with Crippen LogP contribution >= 0.6 is 0 Å². The van der Waals surface area contributed by atoms with Crippen LogP contribution in [0.5, 0.6) is 5.75 Å². The number of carbonyl (C=O) groups is 1. The van der Waals surface area contributed by atoms with E-state index in [1.165, 1.54) is 0 Å². The number of primary amides is 1. The quantitative estimate of drug-likeness (QED) is 0.793. The fourth-order valence-electron chi connectivity index (χ4n) is 2.56. The minimum absolute atomic E-state index is 0.227. The first-order chi connectivity index (χ1) is 8.94. The first-order valence-electron chi connectivity index (χ1n) is 6.39. The van der Waals surface area contributed by atoms with E-state index in [4.69, 9.17) is 16.2 Å². The van der Waals surface area contributed by atoms with Crippen LogP contribution in [0.15, 0.2) is 18.2 Å². The van der Waals surface area contributed by atoms with Gasteiger partial charge >= 0.3 is 0 Å². The molecule has 0 spiro atoms. The number of nitrogens with zero attached hydrogens (tertiary/aromatic N) is 1. The summed E-state index contributed by atoms with van der Waals surface area (Å²) in [4.78, 5) is 13.7. The highest BCUT2D eigenvalue weighted by Crippen LogP contribution is 2.32. The van der Waals surface area contributed by atoms with Crippen LogP contribution in [0, 0.1) is 5.41 Å². The molecule has 1 aliphatic heterocycles. The second-order valence-corrected chi connectivity index (χ2v) is 5.46. The van der Waals surface area contributed by atoms with Crippen molar-refractivity contribution in [1.29, 1.82) is 0 Å². The Hall–Kier alpha value is -1.75. The Labute approximate surface area is 113 Å². The van der Waals surface area contributed by atoms with E-state index < -0.39 is 5.41 Å². The molecule has 5 nitrogen and oxygen atoms in total. The number of amides is 1. The first-order valence-corrected chi connectivity index (χ1v) is 6.39. The number of nitrogens with two attached hydrogens (primary N) is 2. The van der Waals surface area contributed by atoms with Gasteiger partial charge in [-0.15, -0.1) is 0 Å². The molecule has 1 heterocycles. The molecule has 0 radical (unpaired) electrons. The molecule has 1 amide bonds. The number of methoxy groups -OCH3 is 1. The molecule has 104 valence electrons. The molecule has 19 heavy (non-hydrogen) atoms. The van der Waals surface area contributed by atoms with E-state index >= 15 is 0 Å². The van der Waals surface area contributed by atoms with Gasteiger partial charge in [0.2, 0.25) is 5.91 Å². The molecule has 0 bridgehead atoms. The van der Waals surface area contributed by atoms with Gasteiger partial charge in [0.25, 0.3) is 0 Å². The van der Waals surface area contributed by atoms with Gasteiger partial charge in [-0.25, -0.2) is 0 Å². The summed E-state index contributed by atoms with van der Waals surface area (Å²) in [5.74, 6) is 0.594. The molecule has 0 aromatic heterocycles.